The zero-order valence-corrected chi connectivity index (χ0v) is 18.0. The van der Waals surface area contributed by atoms with E-state index in [9.17, 15) is 14.9 Å². The number of rotatable bonds is 7. The van der Waals surface area contributed by atoms with Gasteiger partial charge in [0.1, 0.15) is 24.0 Å². The fraction of sp³-hybridized carbons (Fsp3) is 0.0417. The van der Waals surface area contributed by atoms with Crippen LogP contribution in [0.4, 0.5) is 5.69 Å². The minimum Gasteiger partial charge on any atom is -0.489 e. The van der Waals surface area contributed by atoms with Gasteiger partial charge in [-0.2, -0.15) is 5.26 Å². The van der Waals surface area contributed by atoms with Gasteiger partial charge >= 0.3 is 5.97 Å². The van der Waals surface area contributed by atoms with Crippen molar-refractivity contribution in [1.82, 2.24) is 0 Å². The van der Waals surface area contributed by atoms with E-state index in [1.54, 1.807) is 42.5 Å². The Kier molecular flexibility index (Phi) is 7.50. The predicted octanol–water partition coefficient (Wildman–Crippen LogP) is 5.82. The lowest BCUT2D eigenvalue weighted by Gasteiger charge is -2.09. The number of ether oxygens (including phenoxy) is 1. The van der Waals surface area contributed by atoms with Crippen molar-refractivity contribution in [3.05, 3.63) is 99.0 Å². The lowest BCUT2D eigenvalue weighted by atomic mass is 10.1. The summed E-state index contributed by atoms with van der Waals surface area (Å²) in [4.78, 5) is 23.3. The van der Waals surface area contributed by atoms with Crippen molar-refractivity contribution in [2.24, 2.45) is 0 Å². The van der Waals surface area contributed by atoms with Crippen molar-refractivity contribution < 1.29 is 19.4 Å². The van der Waals surface area contributed by atoms with Gasteiger partial charge in [0.05, 0.1) is 5.56 Å². The number of hydrogen-bond acceptors (Lipinski definition) is 4. The van der Waals surface area contributed by atoms with Crippen molar-refractivity contribution in [2.45, 2.75) is 6.61 Å². The Morgan fingerprint density at radius 3 is 2.19 bits per heavy atom. The summed E-state index contributed by atoms with van der Waals surface area (Å²) in [6, 6.07) is 19.5. The molecule has 3 aromatic carbocycles. The third-order valence-corrected chi connectivity index (χ3v) is 5.10. The van der Waals surface area contributed by atoms with Gasteiger partial charge in [-0.1, -0.05) is 41.4 Å². The highest BCUT2D eigenvalue weighted by Crippen LogP contribution is 2.26. The van der Waals surface area contributed by atoms with Crippen molar-refractivity contribution in [3.63, 3.8) is 0 Å². The lowest BCUT2D eigenvalue weighted by molar-refractivity contribution is -0.112. The average Bonchev–Trinajstić information content (AvgIpc) is 2.78. The molecule has 0 fully saturated rings. The van der Waals surface area contributed by atoms with E-state index in [-0.39, 0.29) is 17.7 Å². The van der Waals surface area contributed by atoms with Gasteiger partial charge in [-0.05, 0) is 60.2 Å². The number of nitriles is 1. The summed E-state index contributed by atoms with van der Waals surface area (Å²) < 4.78 is 5.72. The lowest BCUT2D eigenvalue weighted by Crippen LogP contribution is -2.13. The van der Waals surface area contributed by atoms with Crippen molar-refractivity contribution in [2.75, 3.05) is 5.32 Å². The molecule has 160 valence electrons. The second-order valence-electron chi connectivity index (χ2n) is 6.56. The molecule has 0 bridgehead atoms. The number of amides is 1. The van der Waals surface area contributed by atoms with Gasteiger partial charge in [-0.25, -0.2) is 4.79 Å². The van der Waals surface area contributed by atoms with Crippen LogP contribution in [0.3, 0.4) is 0 Å². The minimum absolute atomic E-state index is 0.0955. The number of benzene rings is 3. The molecule has 0 aliphatic heterocycles. The number of carboxylic acids is 1. The van der Waals surface area contributed by atoms with Crippen LogP contribution in [0.15, 0.2) is 72.3 Å². The molecule has 0 heterocycles. The first kappa shape index (κ1) is 22.9. The van der Waals surface area contributed by atoms with E-state index in [2.05, 4.69) is 5.32 Å². The van der Waals surface area contributed by atoms with Crippen molar-refractivity contribution >= 4 is 46.8 Å². The van der Waals surface area contributed by atoms with Crippen LogP contribution in [-0.4, -0.2) is 17.0 Å². The van der Waals surface area contributed by atoms with Gasteiger partial charge < -0.3 is 15.2 Å². The zero-order valence-electron chi connectivity index (χ0n) is 16.5. The van der Waals surface area contributed by atoms with Gasteiger partial charge in [0.25, 0.3) is 5.91 Å². The highest BCUT2D eigenvalue weighted by atomic mass is 35.5. The summed E-state index contributed by atoms with van der Waals surface area (Å²) in [5.74, 6) is -1.10. The first-order valence-electron chi connectivity index (χ1n) is 9.29. The average molecular weight is 467 g/mol. The van der Waals surface area contributed by atoms with Gasteiger partial charge in [0.2, 0.25) is 0 Å². The standard InChI is InChI=1S/C24H16Cl2N2O4/c25-21-2-1-3-22(26)20(21)14-32-19-10-4-15(5-11-19)12-17(13-27)23(29)28-18-8-6-16(7-9-18)24(30)31/h1-12H,14H2,(H,28,29)(H,30,31)/b17-12+. The molecule has 2 N–H and O–H groups in total. The molecule has 6 nitrogen and oxygen atoms in total. The molecule has 3 aromatic rings. The van der Waals surface area contributed by atoms with Crippen LogP contribution in [0.25, 0.3) is 6.08 Å². The van der Waals surface area contributed by atoms with E-state index < -0.39 is 11.9 Å². The molecular weight excluding hydrogens is 451 g/mol. The van der Waals surface area contributed by atoms with Crippen molar-refractivity contribution in [1.29, 1.82) is 5.26 Å². The molecule has 0 saturated carbocycles. The minimum atomic E-state index is -1.07. The van der Waals surface area contributed by atoms with Crippen molar-refractivity contribution in [3.8, 4) is 11.8 Å². The van der Waals surface area contributed by atoms with Crippen LogP contribution in [0.5, 0.6) is 5.75 Å². The third-order valence-electron chi connectivity index (χ3n) is 4.39. The quantitative estimate of drug-likeness (QED) is 0.337. The van der Waals surface area contributed by atoms with Crippen LogP contribution in [-0.2, 0) is 11.4 Å². The van der Waals surface area contributed by atoms with Gasteiger partial charge in [0.15, 0.2) is 0 Å². The van der Waals surface area contributed by atoms with Crippen LogP contribution < -0.4 is 10.1 Å². The summed E-state index contributed by atoms with van der Waals surface area (Å²) in [6.45, 7) is 0.195. The fourth-order valence-electron chi connectivity index (χ4n) is 2.70. The Hall–Kier alpha value is -3.79. The Labute approximate surface area is 194 Å². The molecule has 0 aliphatic carbocycles. The Bertz CT molecular complexity index is 1190. The first-order chi connectivity index (χ1) is 15.4. The topological polar surface area (TPSA) is 99.4 Å². The zero-order chi connectivity index (χ0) is 23.1. The van der Waals surface area contributed by atoms with Crippen LogP contribution in [0, 0.1) is 11.3 Å². The molecule has 0 spiro atoms. The third kappa shape index (κ3) is 5.88. The molecule has 0 unspecified atom stereocenters. The van der Waals surface area contributed by atoms with E-state index in [4.69, 9.17) is 33.0 Å². The van der Waals surface area contributed by atoms with Gasteiger partial charge in [0, 0.05) is 21.3 Å². The summed E-state index contributed by atoms with van der Waals surface area (Å²) >= 11 is 12.3. The SMILES string of the molecule is N#C/C(=C\c1ccc(OCc2c(Cl)cccc2Cl)cc1)C(=O)Nc1ccc(C(=O)O)cc1. The van der Waals surface area contributed by atoms with Crippen LogP contribution in [0.2, 0.25) is 10.0 Å². The number of nitrogens with one attached hydrogen (secondary N) is 1. The normalized spacial score (nSPS) is 10.8. The van der Waals surface area contributed by atoms with E-state index in [1.165, 1.54) is 30.3 Å². The van der Waals surface area contributed by atoms with Crippen LogP contribution in [0.1, 0.15) is 21.5 Å². The number of nitrogens with zero attached hydrogens (tertiary/aromatic N) is 1. The summed E-state index contributed by atoms with van der Waals surface area (Å²) in [6.07, 6.45) is 1.44. The maximum Gasteiger partial charge on any atom is 0.335 e. The van der Waals surface area contributed by atoms with E-state index in [1.807, 2.05) is 6.07 Å². The summed E-state index contributed by atoms with van der Waals surface area (Å²) in [5, 5.41) is 21.9. The molecular formula is C24H16Cl2N2O4. The predicted molar refractivity (Wildman–Crippen MR) is 123 cm³/mol. The number of carbonyl (C=O) groups excluding carboxylic acids is 1. The number of aromatic carboxylic acids is 1. The molecule has 8 heteroatoms. The molecule has 0 aliphatic rings. The number of halogens is 2. The molecule has 32 heavy (non-hydrogen) atoms. The second kappa shape index (κ2) is 10.5. The number of carboxylic acid groups (broad SMARTS) is 1. The fourth-order valence-corrected chi connectivity index (χ4v) is 3.20. The van der Waals surface area contributed by atoms with E-state index in [0.29, 0.717) is 32.6 Å². The monoisotopic (exact) mass is 466 g/mol. The first-order valence-corrected chi connectivity index (χ1v) is 10.0. The van der Waals surface area contributed by atoms with E-state index >= 15 is 0 Å². The Balaban J connectivity index is 1.66. The molecule has 3 rings (SSSR count). The smallest absolute Gasteiger partial charge is 0.335 e. The highest BCUT2D eigenvalue weighted by molar-refractivity contribution is 6.35. The summed E-state index contributed by atoms with van der Waals surface area (Å²) in [5.41, 5.74) is 1.67. The Morgan fingerprint density at radius 1 is 1.00 bits per heavy atom. The molecule has 0 radical (unpaired) electrons. The number of anilines is 1. The molecule has 0 atom stereocenters. The van der Waals surface area contributed by atoms with Gasteiger partial charge in [-0.3, -0.25) is 4.79 Å². The Morgan fingerprint density at radius 2 is 1.62 bits per heavy atom. The maximum atomic E-state index is 12.4. The number of carbonyl (C=O) groups is 2. The maximum absolute atomic E-state index is 12.4. The second-order valence-corrected chi connectivity index (χ2v) is 7.38. The van der Waals surface area contributed by atoms with E-state index in [0.717, 1.165) is 0 Å². The molecule has 0 saturated heterocycles. The largest absolute Gasteiger partial charge is 0.489 e. The highest BCUT2D eigenvalue weighted by Gasteiger charge is 2.11. The van der Waals surface area contributed by atoms with Gasteiger partial charge in [-0.15, -0.1) is 0 Å². The molecule has 0 aromatic heterocycles. The number of hydrogen-bond donors (Lipinski definition) is 2. The summed E-state index contributed by atoms with van der Waals surface area (Å²) in [7, 11) is 0. The molecule has 1 amide bonds. The van der Waals surface area contributed by atoms with Crippen LogP contribution >= 0.6 is 23.2 Å².